The molecule has 1 atom stereocenters. The minimum absolute atomic E-state index is 0.126. The lowest BCUT2D eigenvalue weighted by molar-refractivity contribution is 0.148. The Balaban J connectivity index is 1.62. The molecule has 98 valence electrons. The number of halogens is 1. The van der Waals surface area contributed by atoms with Gasteiger partial charge in [0.05, 0.1) is 0 Å². The second-order valence-electron chi connectivity index (χ2n) is 4.50. The summed E-state index contributed by atoms with van der Waals surface area (Å²) >= 11 is 0. The molecule has 1 aliphatic heterocycles. The summed E-state index contributed by atoms with van der Waals surface area (Å²) in [5, 5.41) is 9.32. The SMILES string of the molecule is Oc1cccc(OCC2Cc3cc(F)ccc3O2)c1. The van der Waals surface area contributed by atoms with Crippen LogP contribution in [-0.2, 0) is 6.42 Å². The van der Waals surface area contributed by atoms with Gasteiger partial charge in [0.15, 0.2) is 0 Å². The maximum Gasteiger partial charge on any atom is 0.137 e. The topological polar surface area (TPSA) is 38.7 Å². The average molecular weight is 260 g/mol. The van der Waals surface area contributed by atoms with Crippen molar-refractivity contribution >= 4 is 0 Å². The van der Waals surface area contributed by atoms with Crippen molar-refractivity contribution in [3.8, 4) is 17.2 Å². The Bertz CT molecular complexity index is 598. The number of rotatable bonds is 3. The fraction of sp³-hybridized carbons (Fsp3) is 0.200. The number of ether oxygens (including phenoxy) is 2. The zero-order valence-electron chi connectivity index (χ0n) is 10.2. The molecule has 1 unspecified atom stereocenters. The Hall–Kier alpha value is -2.23. The van der Waals surface area contributed by atoms with E-state index in [4.69, 9.17) is 9.47 Å². The third kappa shape index (κ3) is 2.62. The Morgan fingerprint density at radius 2 is 2.16 bits per heavy atom. The predicted molar refractivity (Wildman–Crippen MR) is 68.1 cm³/mol. The van der Waals surface area contributed by atoms with Gasteiger partial charge in [-0.15, -0.1) is 0 Å². The first-order valence-electron chi connectivity index (χ1n) is 6.07. The number of benzene rings is 2. The van der Waals surface area contributed by atoms with Crippen LogP contribution < -0.4 is 9.47 Å². The lowest BCUT2D eigenvalue weighted by atomic mass is 10.1. The van der Waals surface area contributed by atoms with Crippen LogP contribution in [0.4, 0.5) is 4.39 Å². The molecular weight excluding hydrogens is 247 g/mol. The number of phenolic OH excluding ortho intramolecular Hbond substituents is 1. The van der Waals surface area contributed by atoms with Crippen LogP contribution in [0.5, 0.6) is 17.2 Å². The van der Waals surface area contributed by atoms with Gasteiger partial charge in [-0.05, 0) is 30.3 Å². The second kappa shape index (κ2) is 4.80. The van der Waals surface area contributed by atoms with E-state index in [-0.39, 0.29) is 17.7 Å². The molecule has 3 nitrogen and oxygen atoms in total. The monoisotopic (exact) mass is 260 g/mol. The first-order chi connectivity index (χ1) is 9.20. The highest BCUT2D eigenvalue weighted by atomic mass is 19.1. The third-order valence-electron chi connectivity index (χ3n) is 3.02. The van der Waals surface area contributed by atoms with Crippen molar-refractivity contribution in [3.63, 3.8) is 0 Å². The van der Waals surface area contributed by atoms with Gasteiger partial charge in [0.1, 0.15) is 35.8 Å². The Labute approximate surface area is 110 Å². The molecule has 0 radical (unpaired) electrons. The van der Waals surface area contributed by atoms with E-state index in [9.17, 15) is 9.50 Å². The van der Waals surface area contributed by atoms with Crippen molar-refractivity contribution in [1.82, 2.24) is 0 Å². The molecule has 0 spiro atoms. The summed E-state index contributed by atoms with van der Waals surface area (Å²) in [5.41, 5.74) is 0.865. The molecule has 4 heteroatoms. The fourth-order valence-electron chi connectivity index (χ4n) is 2.14. The van der Waals surface area contributed by atoms with Crippen LogP contribution in [0.25, 0.3) is 0 Å². The molecule has 0 aromatic heterocycles. The minimum atomic E-state index is -0.253. The Morgan fingerprint density at radius 1 is 1.26 bits per heavy atom. The van der Waals surface area contributed by atoms with Crippen molar-refractivity contribution in [3.05, 3.63) is 53.8 Å². The first kappa shape index (κ1) is 11.8. The van der Waals surface area contributed by atoms with E-state index in [2.05, 4.69) is 0 Å². The fourth-order valence-corrected chi connectivity index (χ4v) is 2.14. The van der Waals surface area contributed by atoms with Crippen LogP contribution in [0.2, 0.25) is 0 Å². The summed E-state index contributed by atoms with van der Waals surface area (Å²) < 4.78 is 24.3. The van der Waals surface area contributed by atoms with Gasteiger partial charge in [-0.25, -0.2) is 4.39 Å². The maximum absolute atomic E-state index is 13.1. The van der Waals surface area contributed by atoms with Crippen LogP contribution in [0.1, 0.15) is 5.56 Å². The lowest BCUT2D eigenvalue weighted by Crippen LogP contribution is -2.22. The Kier molecular flexibility index (Phi) is 2.99. The van der Waals surface area contributed by atoms with Crippen molar-refractivity contribution in [2.75, 3.05) is 6.61 Å². The van der Waals surface area contributed by atoms with Crippen LogP contribution in [-0.4, -0.2) is 17.8 Å². The van der Waals surface area contributed by atoms with Crippen LogP contribution in [0.3, 0.4) is 0 Å². The van der Waals surface area contributed by atoms with Crippen LogP contribution >= 0.6 is 0 Å². The third-order valence-corrected chi connectivity index (χ3v) is 3.02. The van der Waals surface area contributed by atoms with Gasteiger partial charge in [0.25, 0.3) is 0 Å². The predicted octanol–water partition coefficient (Wildman–Crippen LogP) is 2.91. The minimum Gasteiger partial charge on any atom is -0.508 e. The van der Waals surface area contributed by atoms with Gasteiger partial charge in [0.2, 0.25) is 0 Å². The van der Waals surface area contributed by atoms with E-state index in [1.165, 1.54) is 12.1 Å². The van der Waals surface area contributed by atoms with E-state index in [1.54, 1.807) is 30.3 Å². The van der Waals surface area contributed by atoms with Gasteiger partial charge in [-0.2, -0.15) is 0 Å². The molecule has 0 aliphatic carbocycles. The lowest BCUT2D eigenvalue weighted by Gasteiger charge is -2.12. The molecule has 0 saturated carbocycles. The molecule has 0 saturated heterocycles. The molecule has 2 aromatic rings. The zero-order valence-corrected chi connectivity index (χ0v) is 10.2. The first-order valence-corrected chi connectivity index (χ1v) is 6.07. The molecule has 1 heterocycles. The number of aromatic hydroxyl groups is 1. The Morgan fingerprint density at radius 3 is 3.00 bits per heavy atom. The van der Waals surface area contributed by atoms with Gasteiger partial charge in [-0.1, -0.05) is 6.07 Å². The van der Waals surface area contributed by atoms with Crippen molar-refractivity contribution in [2.45, 2.75) is 12.5 Å². The molecule has 0 fully saturated rings. The highest BCUT2D eigenvalue weighted by molar-refractivity contribution is 5.38. The van der Waals surface area contributed by atoms with Crippen molar-refractivity contribution in [1.29, 1.82) is 0 Å². The summed E-state index contributed by atoms with van der Waals surface area (Å²) in [6.07, 6.45) is 0.505. The molecule has 0 amide bonds. The number of phenols is 1. The summed E-state index contributed by atoms with van der Waals surface area (Å²) in [5.74, 6) is 1.21. The summed E-state index contributed by atoms with van der Waals surface area (Å²) in [7, 11) is 0. The van der Waals surface area contributed by atoms with Gasteiger partial charge >= 0.3 is 0 Å². The van der Waals surface area contributed by atoms with Gasteiger partial charge in [-0.3, -0.25) is 0 Å². The van der Waals surface area contributed by atoms with E-state index in [0.717, 1.165) is 5.56 Å². The van der Waals surface area contributed by atoms with E-state index < -0.39 is 0 Å². The zero-order chi connectivity index (χ0) is 13.2. The van der Waals surface area contributed by atoms with E-state index in [0.29, 0.717) is 24.5 Å². The van der Waals surface area contributed by atoms with Gasteiger partial charge in [0, 0.05) is 18.1 Å². The largest absolute Gasteiger partial charge is 0.508 e. The van der Waals surface area contributed by atoms with Crippen LogP contribution in [0.15, 0.2) is 42.5 Å². The second-order valence-corrected chi connectivity index (χ2v) is 4.50. The summed E-state index contributed by atoms with van der Waals surface area (Å²) in [6.45, 7) is 0.361. The number of fused-ring (bicyclic) bond motifs is 1. The summed E-state index contributed by atoms with van der Waals surface area (Å²) in [4.78, 5) is 0. The average Bonchev–Trinajstić information content (AvgIpc) is 2.78. The highest BCUT2D eigenvalue weighted by Gasteiger charge is 2.23. The summed E-state index contributed by atoms with van der Waals surface area (Å²) in [6, 6.07) is 11.1. The molecule has 1 aliphatic rings. The smallest absolute Gasteiger partial charge is 0.137 e. The molecule has 3 rings (SSSR count). The van der Waals surface area contributed by atoms with Crippen molar-refractivity contribution < 1.29 is 19.0 Å². The molecule has 0 bridgehead atoms. The van der Waals surface area contributed by atoms with E-state index in [1.807, 2.05) is 0 Å². The quantitative estimate of drug-likeness (QED) is 0.922. The molecule has 2 aromatic carbocycles. The highest BCUT2D eigenvalue weighted by Crippen LogP contribution is 2.29. The van der Waals surface area contributed by atoms with Gasteiger partial charge < -0.3 is 14.6 Å². The number of hydrogen-bond donors (Lipinski definition) is 1. The molecule has 1 N–H and O–H groups in total. The molecule has 19 heavy (non-hydrogen) atoms. The van der Waals surface area contributed by atoms with Crippen LogP contribution in [0, 0.1) is 5.82 Å². The van der Waals surface area contributed by atoms with E-state index >= 15 is 0 Å². The number of hydrogen-bond acceptors (Lipinski definition) is 3. The standard InChI is InChI=1S/C15H13FO3/c16-11-4-5-15-10(6-11)7-14(19-15)9-18-13-3-1-2-12(17)8-13/h1-6,8,14,17H,7,9H2. The normalized spacial score (nSPS) is 16.8. The molecular formula is C15H13FO3. The maximum atomic E-state index is 13.1. The van der Waals surface area contributed by atoms with Crippen molar-refractivity contribution in [2.24, 2.45) is 0 Å².